The van der Waals surface area contributed by atoms with Crippen molar-refractivity contribution in [1.29, 1.82) is 0 Å². The molecular weight excluding hydrogens is 385 g/mol. The van der Waals surface area contributed by atoms with Gasteiger partial charge in [0.05, 0.1) is 0 Å². The van der Waals surface area contributed by atoms with Gasteiger partial charge in [-0.25, -0.2) is 12.8 Å². The maximum Gasteiger partial charge on any atom is 0.248 e. The van der Waals surface area contributed by atoms with Crippen LogP contribution in [0, 0.1) is 25.6 Å². The highest BCUT2D eigenvalue weighted by molar-refractivity contribution is 7.89. The minimum atomic E-state index is -3.68. The predicted octanol–water partition coefficient (Wildman–Crippen LogP) is 2.19. The fourth-order valence-electron chi connectivity index (χ4n) is 3.50. The Morgan fingerprint density at radius 3 is 2.57 bits per heavy atom. The monoisotopic (exact) mass is 409 g/mol. The quantitative estimate of drug-likeness (QED) is 0.790. The third kappa shape index (κ3) is 4.25. The summed E-state index contributed by atoms with van der Waals surface area (Å²) in [5, 5.41) is 6.54. The molecule has 1 aromatic heterocycles. The second-order valence-corrected chi connectivity index (χ2v) is 8.84. The van der Waals surface area contributed by atoms with Gasteiger partial charge in [0, 0.05) is 25.6 Å². The molecule has 2 aromatic rings. The zero-order valence-electron chi connectivity index (χ0n) is 15.9. The van der Waals surface area contributed by atoms with Crippen LogP contribution in [-0.4, -0.2) is 43.4 Å². The minimum absolute atomic E-state index is 0.111. The van der Waals surface area contributed by atoms with Crippen molar-refractivity contribution in [2.45, 2.75) is 38.0 Å². The number of benzene rings is 1. The van der Waals surface area contributed by atoms with E-state index in [-0.39, 0.29) is 41.4 Å². The van der Waals surface area contributed by atoms with Crippen molar-refractivity contribution in [3.8, 4) is 0 Å². The third-order valence-electron chi connectivity index (χ3n) is 5.04. The van der Waals surface area contributed by atoms with E-state index in [0.717, 1.165) is 0 Å². The van der Waals surface area contributed by atoms with Gasteiger partial charge in [0.25, 0.3) is 0 Å². The van der Waals surface area contributed by atoms with E-state index in [9.17, 15) is 17.6 Å². The van der Waals surface area contributed by atoms with Crippen LogP contribution in [0.2, 0.25) is 0 Å². The van der Waals surface area contributed by atoms with Crippen LogP contribution in [-0.2, 0) is 21.2 Å². The maximum absolute atomic E-state index is 13.6. The van der Waals surface area contributed by atoms with Crippen molar-refractivity contribution in [3.05, 3.63) is 47.1 Å². The van der Waals surface area contributed by atoms with E-state index in [4.69, 9.17) is 4.52 Å². The molecule has 1 aliphatic rings. The first kappa shape index (κ1) is 20.5. The van der Waals surface area contributed by atoms with Crippen molar-refractivity contribution in [2.75, 3.05) is 19.6 Å². The van der Waals surface area contributed by atoms with Crippen molar-refractivity contribution in [1.82, 2.24) is 14.8 Å². The van der Waals surface area contributed by atoms with Crippen LogP contribution in [0.1, 0.15) is 29.9 Å². The molecule has 1 aliphatic heterocycles. The Morgan fingerprint density at radius 1 is 1.29 bits per heavy atom. The number of carbonyl (C=O) groups is 1. The van der Waals surface area contributed by atoms with Crippen LogP contribution in [0.3, 0.4) is 0 Å². The number of aromatic nitrogens is 1. The summed E-state index contributed by atoms with van der Waals surface area (Å²) in [4.78, 5) is 12.5. The summed E-state index contributed by atoms with van der Waals surface area (Å²) >= 11 is 0. The van der Waals surface area contributed by atoms with Crippen LogP contribution in [0.4, 0.5) is 4.39 Å². The molecule has 1 N–H and O–H groups in total. The Balaban J connectivity index is 1.52. The number of nitrogens with one attached hydrogen (secondary N) is 1. The van der Waals surface area contributed by atoms with Gasteiger partial charge in [-0.3, -0.25) is 4.79 Å². The molecule has 28 heavy (non-hydrogen) atoms. The summed E-state index contributed by atoms with van der Waals surface area (Å²) < 4.78 is 45.6. The van der Waals surface area contributed by atoms with E-state index in [0.29, 0.717) is 37.1 Å². The number of amides is 1. The first-order valence-electron chi connectivity index (χ1n) is 9.25. The van der Waals surface area contributed by atoms with Crippen molar-refractivity contribution in [3.63, 3.8) is 0 Å². The SMILES string of the molecule is Cc1noc(C)c1S(=O)(=O)N1CCC(C(=O)NCCc2ccccc2F)CC1. The molecule has 0 radical (unpaired) electrons. The van der Waals surface area contributed by atoms with E-state index in [1.165, 1.54) is 10.4 Å². The number of piperidine rings is 1. The summed E-state index contributed by atoms with van der Waals surface area (Å²) in [5.41, 5.74) is 0.897. The summed E-state index contributed by atoms with van der Waals surface area (Å²) in [6, 6.07) is 6.48. The van der Waals surface area contributed by atoms with Gasteiger partial charge >= 0.3 is 0 Å². The van der Waals surface area contributed by atoms with Gasteiger partial charge in [0.1, 0.15) is 16.4 Å². The fourth-order valence-corrected chi connectivity index (χ4v) is 5.26. The Kier molecular flexibility index (Phi) is 6.14. The summed E-state index contributed by atoms with van der Waals surface area (Å²) in [6.45, 7) is 4.04. The van der Waals surface area contributed by atoms with Gasteiger partial charge in [0.2, 0.25) is 15.9 Å². The van der Waals surface area contributed by atoms with Gasteiger partial charge in [-0.2, -0.15) is 4.31 Å². The lowest BCUT2D eigenvalue weighted by molar-refractivity contribution is -0.126. The molecule has 1 saturated heterocycles. The van der Waals surface area contributed by atoms with Crippen LogP contribution in [0.5, 0.6) is 0 Å². The topological polar surface area (TPSA) is 92.5 Å². The molecule has 0 saturated carbocycles. The molecule has 1 fully saturated rings. The molecule has 0 spiro atoms. The third-order valence-corrected chi connectivity index (χ3v) is 7.19. The van der Waals surface area contributed by atoms with Gasteiger partial charge in [-0.15, -0.1) is 0 Å². The average molecular weight is 409 g/mol. The zero-order valence-corrected chi connectivity index (χ0v) is 16.8. The van der Waals surface area contributed by atoms with Gasteiger partial charge in [0.15, 0.2) is 5.76 Å². The molecule has 1 amide bonds. The normalized spacial score (nSPS) is 16.2. The minimum Gasteiger partial charge on any atom is -0.360 e. The summed E-state index contributed by atoms with van der Waals surface area (Å²) in [6.07, 6.45) is 1.29. The van der Waals surface area contributed by atoms with Gasteiger partial charge in [-0.1, -0.05) is 23.4 Å². The van der Waals surface area contributed by atoms with Crippen molar-refractivity contribution in [2.24, 2.45) is 5.92 Å². The average Bonchev–Trinajstić information content (AvgIpc) is 3.02. The molecule has 7 nitrogen and oxygen atoms in total. The Bertz CT molecular complexity index is 930. The van der Waals surface area contributed by atoms with Crippen LogP contribution >= 0.6 is 0 Å². The molecule has 3 rings (SSSR count). The van der Waals surface area contributed by atoms with E-state index in [2.05, 4.69) is 10.5 Å². The highest BCUT2D eigenvalue weighted by Gasteiger charge is 2.35. The predicted molar refractivity (Wildman–Crippen MR) is 101 cm³/mol. The Labute approximate surface area is 163 Å². The maximum atomic E-state index is 13.6. The summed E-state index contributed by atoms with van der Waals surface area (Å²) in [7, 11) is -3.68. The first-order valence-corrected chi connectivity index (χ1v) is 10.7. The molecular formula is C19H24FN3O4S. The Hall–Kier alpha value is -2.26. The lowest BCUT2D eigenvalue weighted by Gasteiger charge is -2.30. The zero-order chi connectivity index (χ0) is 20.3. The van der Waals surface area contributed by atoms with Crippen LogP contribution in [0.25, 0.3) is 0 Å². The lowest BCUT2D eigenvalue weighted by atomic mass is 9.97. The second-order valence-electron chi connectivity index (χ2n) is 6.96. The Morgan fingerprint density at radius 2 is 1.96 bits per heavy atom. The number of hydrogen-bond acceptors (Lipinski definition) is 5. The lowest BCUT2D eigenvalue weighted by Crippen LogP contribution is -2.43. The number of halogens is 1. The van der Waals surface area contributed by atoms with E-state index in [1.54, 1.807) is 32.0 Å². The van der Waals surface area contributed by atoms with Crippen LogP contribution < -0.4 is 5.32 Å². The molecule has 9 heteroatoms. The van der Waals surface area contributed by atoms with E-state index >= 15 is 0 Å². The molecule has 1 aromatic carbocycles. The molecule has 0 atom stereocenters. The molecule has 2 heterocycles. The van der Waals surface area contributed by atoms with Crippen molar-refractivity contribution < 1.29 is 22.1 Å². The molecule has 0 bridgehead atoms. The fraction of sp³-hybridized carbons (Fsp3) is 0.474. The molecule has 0 aliphatic carbocycles. The largest absolute Gasteiger partial charge is 0.360 e. The number of nitrogens with zero attached hydrogens (tertiary/aromatic N) is 2. The number of hydrogen-bond donors (Lipinski definition) is 1. The number of sulfonamides is 1. The number of rotatable bonds is 6. The highest BCUT2D eigenvalue weighted by Crippen LogP contribution is 2.27. The second kappa shape index (κ2) is 8.40. The highest BCUT2D eigenvalue weighted by atomic mass is 32.2. The first-order chi connectivity index (χ1) is 13.3. The molecule has 0 unspecified atom stereocenters. The van der Waals surface area contributed by atoms with Gasteiger partial charge < -0.3 is 9.84 Å². The standard InChI is InChI=1S/C19H24FN3O4S/c1-13-18(14(2)27-22-13)28(25,26)23-11-8-16(9-12-23)19(24)21-10-7-15-5-3-4-6-17(15)20/h3-6,16H,7-12H2,1-2H3,(H,21,24). The number of carbonyl (C=O) groups excluding carboxylic acids is 1. The van der Waals surface area contributed by atoms with Crippen LogP contribution in [0.15, 0.2) is 33.7 Å². The van der Waals surface area contributed by atoms with E-state index in [1.807, 2.05) is 0 Å². The van der Waals surface area contributed by atoms with Gasteiger partial charge in [-0.05, 0) is 44.7 Å². The number of aryl methyl sites for hydroxylation is 2. The summed E-state index contributed by atoms with van der Waals surface area (Å²) in [5.74, 6) is -0.387. The molecule has 152 valence electrons. The van der Waals surface area contributed by atoms with E-state index < -0.39 is 10.0 Å². The smallest absolute Gasteiger partial charge is 0.248 e. The van der Waals surface area contributed by atoms with Crippen molar-refractivity contribution >= 4 is 15.9 Å².